The fourth-order valence-electron chi connectivity index (χ4n) is 3.50. The largest absolute Gasteiger partial charge is 0.493 e. The lowest BCUT2D eigenvalue weighted by atomic mass is 10.1. The molecule has 8 nitrogen and oxygen atoms in total. The molecule has 9 heteroatoms. The second kappa shape index (κ2) is 8.27. The monoisotopic (exact) mass is 439 g/mol. The second-order valence-corrected chi connectivity index (χ2v) is 8.60. The van der Waals surface area contributed by atoms with Crippen molar-refractivity contribution >= 4 is 27.3 Å². The molecule has 31 heavy (non-hydrogen) atoms. The minimum atomic E-state index is -3.88. The van der Waals surface area contributed by atoms with Gasteiger partial charge in [0.05, 0.1) is 30.4 Å². The zero-order chi connectivity index (χ0) is 22.0. The third kappa shape index (κ3) is 4.04. The summed E-state index contributed by atoms with van der Waals surface area (Å²) in [6, 6.07) is 13.0. The predicted octanol–water partition coefficient (Wildman–Crippen LogP) is 3.10. The highest BCUT2D eigenvalue weighted by molar-refractivity contribution is 7.92. The third-order valence-electron chi connectivity index (χ3n) is 5.05. The first-order chi connectivity index (χ1) is 14.9. The summed E-state index contributed by atoms with van der Waals surface area (Å²) in [5.41, 5.74) is 2.50. The molecule has 1 aromatic heterocycles. The van der Waals surface area contributed by atoms with Crippen LogP contribution < -0.4 is 19.1 Å². The number of hydrogen-bond acceptors (Lipinski definition) is 6. The fraction of sp³-hybridized carbons (Fsp3) is 0.182. The van der Waals surface area contributed by atoms with E-state index < -0.39 is 10.0 Å². The molecule has 0 spiro atoms. The Hall–Kier alpha value is -3.59. The normalized spacial score (nSPS) is 12.9. The van der Waals surface area contributed by atoms with E-state index in [9.17, 15) is 13.2 Å². The van der Waals surface area contributed by atoms with E-state index in [-0.39, 0.29) is 10.8 Å². The lowest BCUT2D eigenvalue weighted by molar-refractivity contribution is 0.0989. The van der Waals surface area contributed by atoms with Gasteiger partial charge in [-0.15, -0.1) is 0 Å². The van der Waals surface area contributed by atoms with Gasteiger partial charge in [-0.1, -0.05) is 6.07 Å². The molecule has 3 aromatic rings. The molecular weight excluding hydrogens is 418 g/mol. The molecule has 0 aliphatic carbocycles. The van der Waals surface area contributed by atoms with Gasteiger partial charge in [0.25, 0.3) is 15.9 Å². The van der Waals surface area contributed by atoms with Crippen LogP contribution in [0.5, 0.6) is 11.5 Å². The molecule has 0 fully saturated rings. The van der Waals surface area contributed by atoms with Crippen LogP contribution in [0.25, 0.3) is 0 Å². The zero-order valence-electron chi connectivity index (χ0n) is 17.0. The maximum absolute atomic E-state index is 12.9. The Morgan fingerprint density at radius 2 is 1.87 bits per heavy atom. The number of carbonyl (C=O) groups excluding carboxylic acids is 1. The van der Waals surface area contributed by atoms with Gasteiger partial charge < -0.3 is 14.4 Å². The van der Waals surface area contributed by atoms with Crippen molar-refractivity contribution in [2.24, 2.45) is 0 Å². The molecule has 1 aliphatic heterocycles. The molecule has 0 atom stereocenters. The quantitative estimate of drug-likeness (QED) is 0.634. The number of fused-ring (bicyclic) bond motifs is 1. The van der Waals surface area contributed by atoms with Crippen LogP contribution in [0, 0.1) is 0 Å². The smallest absolute Gasteiger partial charge is 0.262 e. The first-order valence-corrected chi connectivity index (χ1v) is 11.0. The number of ether oxygens (including phenoxy) is 2. The van der Waals surface area contributed by atoms with Crippen molar-refractivity contribution in [2.75, 3.05) is 30.4 Å². The minimum Gasteiger partial charge on any atom is -0.493 e. The summed E-state index contributed by atoms with van der Waals surface area (Å²) in [5.74, 6) is 0.572. The van der Waals surface area contributed by atoms with Gasteiger partial charge in [0.1, 0.15) is 0 Å². The summed E-state index contributed by atoms with van der Waals surface area (Å²) in [4.78, 5) is 18.6. The summed E-state index contributed by atoms with van der Waals surface area (Å²) in [6.07, 6.45) is 3.82. The molecule has 0 saturated heterocycles. The van der Waals surface area contributed by atoms with Gasteiger partial charge in [0, 0.05) is 30.7 Å². The molecule has 1 amide bonds. The summed E-state index contributed by atoms with van der Waals surface area (Å²) >= 11 is 0. The Balaban J connectivity index is 1.62. The molecule has 0 radical (unpaired) electrons. The predicted molar refractivity (Wildman–Crippen MR) is 116 cm³/mol. The van der Waals surface area contributed by atoms with Gasteiger partial charge >= 0.3 is 0 Å². The fourth-order valence-corrected chi connectivity index (χ4v) is 4.56. The summed E-state index contributed by atoms with van der Waals surface area (Å²) in [5, 5.41) is 0. The van der Waals surface area contributed by atoms with Crippen LogP contribution in [0.3, 0.4) is 0 Å². The number of aromatic nitrogens is 1. The number of pyridine rings is 1. The van der Waals surface area contributed by atoms with Crippen LogP contribution >= 0.6 is 0 Å². The number of anilines is 2. The van der Waals surface area contributed by atoms with Crippen molar-refractivity contribution in [2.45, 2.75) is 11.3 Å². The van der Waals surface area contributed by atoms with E-state index in [0.29, 0.717) is 41.4 Å². The number of rotatable bonds is 6. The molecule has 0 bridgehead atoms. The maximum atomic E-state index is 12.9. The average molecular weight is 439 g/mol. The number of sulfonamides is 1. The van der Waals surface area contributed by atoms with Crippen LogP contribution in [-0.4, -0.2) is 40.1 Å². The van der Waals surface area contributed by atoms with Crippen molar-refractivity contribution in [1.82, 2.24) is 4.98 Å². The first kappa shape index (κ1) is 20.7. The van der Waals surface area contributed by atoms with Crippen LogP contribution in [0.1, 0.15) is 15.9 Å². The Morgan fingerprint density at radius 3 is 2.58 bits per heavy atom. The Morgan fingerprint density at radius 1 is 1.06 bits per heavy atom. The highest BCUT2D eigenvalue weighted by Gasteiger charge is 2.27. The molecule has 0 saturated carbocycles. The molecule has 1 aliphatic rings. The molecule has 2 heterocycles. The topological polar surface area (TPSA) is 97.8 Å². The molecule has 1 N–H and O–H groups in total. The lowest BCUT2D eigenvalue weighted by Crippen LogP contribution is -2.29. The van der Waals surface area contributed by atoms with Gasteiger partial charge in [0.2, 0.25) is 0 Å². The van der Waals surface area contributed by atoms with E-state index >= 15 is 0 Å². The minimum absolute atomic E-state index is 0.0361. The van der Waals surface area contributed by atoms with Crippen molar-refractivity contribution in [3.05, 3.63) is 72.1 Å². The lowest BCUT2D eigenvalue weighted by Gasteiger charge is -2.18. The Bertz CT molecular complexity index is 1230. The second-order valence-electron chi connectivity index (χ2n) is 6.91. The number of benzene rings is 2. The SMILES string of the molecule is COc1ccc(S(=O)(=O)Nc2ccc3c(c2)N(C(=O)c2cccnc2)CC3)cc1OC. The molecule has 2 aromatic carbocycles. The van der Waals surface area contributed by atoms with E-state index in [4.69, 9.17) is 9.47 Å². The number of methoxy groups -OCH3 is 2. The Kier molecular flexibility index (Phi) is 5.51. The summed E-state index contributed by atoms with van der Waals surface area (Å²) < 4.78 is 38.8. The molecule has 160 valence electrons. The van der Waals surface area contributed by atoms with Gasteiger partial charge in [-0.05, 0) is 48.4 Å². The van der Waals surface area contributed by atoms with E-state index in [1.807, 2.05) is 6.07 Å². The molecule has 4 rings (SSSR count). The van der Waals surface area contributed by atoms with Crippen molar-refractivity contribution in [3.63, 3.8) is 0 Å². The first-order valence-electron chi connectivity index (χ1n) is 9.52. The zero-order valence-corrected chi connectivity index (χ0v) is 17.8. The summed E-state index contributed by atoms with van der Waals surface area (Å²) in [7, 11) is -0.957. The number of hydrogen-bond donors (Lipinski definition) is 1. The standard InChI is InChI=1S/C22H21N3O5S/c1-29-20-8-7-18(13-21(20)30-2)31(27,28)24-17-6-5-15-9-11-25(19(15)12-17)22(26)16-4-3-10-23-14-16/h3-8,10,12-14,24H,9,11H2,1-2H3. The average Bonchev–Trinajstić information content (AvgIpc) is 3.21. The highest BCUT2D eigenvalue weighted by Crippen LogP contribution is 2.34. The van der Waals surface area contributed by atoms with Gasteiger partial charge in [0.15, 0.2) is 11.5 Å². The van der Waals surface area contributed by atoms with Gasteiger partial charge in [-0.3, -0.25) is 14.5 Å². The number of nitrogens with one attached hydrogen (secondary N) is 1. The van der Waals surface area contributed by atoms with E-state index in [0.717, 1.165) is 5.56 Å². The van der Waals surface area contributed by atoms with Crippen molar-refractivity contribution in [3.8, 4) is 11.5 Å². The van der Waals surface area contributed by atoms with Gasteiger partial charge in [-0.25, -0.2) is 8.42 Å². The van der Waals surface area contributed by atoms with E-state index in [1.54, 1.807) is 35.4 Å². The van der Waals surface area contributed by atoms with Crippen molar-refractivity contribution < 1.29 is 22.7 Å². The van der Waals surface area contributed by atoms with E-state index in [1.165, 1.54) is 38.6 Å². The Labute approximate surface area is 180 Å². The number of amides is 1. The van der Waals surface area contributed by atoms with Crippen molar-refractivity contribution in [1.29, 1.82) is 0 Å². The third-order valence-corrected chi connectivity index (χ3v) is 6.43. The van der Waals surface area contributed by atoms with Crippen LogP contribution in [0.15, 0.2) is 65.8 Å². The van der Waals surface area contributed by atoms with Crippen LogP contribution in [0.2, 0.25) is 0 Å². The maximum Gasteiger partial charge on any atom is 0.262 e. The van der Waals surface area contributed by atoms with Gasteiger partial charge in [-0.2, -0.15) is 0 Å². The summed E-state index contributed by atoms with van der Waals surface area (Å²) in [6.45, 7) is 0.523. The van der Waals surface area contributed by atoms with Crippen LogP contribution in [0.4, 0.5) is 11.4 Å². The molecular formula is C22H21N3O5S. The number of carbonyl (C=O) groups is 1. The van der Waals surface area contributed by atoms with E-state index in [2.05, 4.69) is 9.71 Å². The number of nitrogens with zero attached hydrogens (tertiary/aromatic N) is 2. The molecule has 0 unspecified atom stereocenters. The van der Waals surface area contributed by atoms with Crippen LogP contribution in [-0.2, 0) is 16.4 Å². The highest BCUT2D eigenvalue weighted by atomic mass is 32.2.